The van der Waals surface area contributed by atoms with Crippen molar-refractivity contribution in [1.29, 1.82) is 5.26 Å². The highest BCUT2D eigenvalue weighted by Crippen LogP contribution is 2.25. The van der Waals surface area contributed by atoms with Gasteiger partial charge in [-0.25, -0.2) is 4.39 Å². The van der Waals surface area contributed by atoms with Crippen LogP contribution in [-0.4, -0.2) is 43.0 Å². The molecule has 1 aromatic rings. The number of nitrogens with zero attached hydrogens (tertiary/aromatic N) is 3. The lowest BCUT2D eigenvalue weighted by molar-refractivity contribution is 0.133. The molecule has 18 heavy (non-hydrogen) atoms. The van der Waals surface area contributed by atoms with Crippen LogP contribution >= 0.6 is 15.9 Å². The highest BCUT2D eigenvalue weighted by atomic mass is 79.9. The molecule has 0 amide bonds. The minimum Gasteiger partial charge on any atom is -0.304 e. The molecule has 5 heteroatoms. The van der Waals surface area contributed by atoms with E-state index in [4.69, 9.17) is 0 Å². The van der Waals surface area contributed by atoms with Crippen LogP contribution in [0.15, 0.2) is 22.7 Å². The van der Waals surface area contributed by atoms with E-state index in [0.29, 0.717) is 4.47 Å². The van der Waals surface area contributed by atoms with E-state index in [1.165, 1.54) is 6.07 Å². The van der Waals surface area contributed by atoms with Crippen LogP contribution in [0.4, 0.5) is 4.39 Å². The van der Waals surface area contributed by atoms with Crippen molar-refractivity contribution in [3.05, 3.63) is 34.1 Å². The topological polar surface area (TPSA) is 30.3 Å². The zero-order chi connectivity index (χ0) is 13.1. The van der Waals surface area contributed by atoms with Gasteiger partial charge >= 0.3 is 0 Å². The molecule has 0 aromatic heterocycles. The van der Waals surface area contributed by atoms with Gasteiger partial charge in [0.2, 0.25) is 0 Å². The van der Waals surface area contributed by atoms with Gasteiger partial charge in [0.25, 0.3) is 0 Å². The predicted molar refractivity (Wildman–Crippen MR) is 71.5 cm³/mol. The molecule has 1 aliphatic rings. The van der Waals surface area contributed by atoms with Crippen molar-refractivity contribution in [2.75, 3.05) is 33.2 Å². The molecular weight excluding hydrogens is 297 g/mol. The third-order valence-corrected chi connectivity index (χ3v) is 3.89. The maximum Gasteiger partial charge on any atom is 0.137 e. The molecule has 1 aromatic carbocycles. The summed E-state index contributed by atoms with van der Waals surface area (Å²) in [5.41, 5.74) is 0.843. The summed E-state index contributed by atoms with van der Waals surface area (Å²) >= 11 is 3.17. The van der Waals surface area contributed by atoms with Gasteiger partial charge in [-0.1, -0.05) is 6.07 Å². The maximum atomic E-state index is 13.2. The second kappa shape index (κ2) is 5.79. The smallest absolute Gasteiger partial charge is 0.137 e. The molecule has 0 N–H and O–H groups in total. The van der Waals surface area contributed by atoms with E-state index < -0.39 is 0 Å². The van der Waals surface area contributed by atoms with Gasteiger partial charge in [0.15, 0.2) is 0 Å². The number of hydrogen-bond acceptors (Lipinski definition) is 3. The number of hydrogen-bond donors (Lipinski definition) is 0. The van der Waals surface area contributed by atoms with Crippen molar-refractivity contribution >= 4 is 15.9 Å². The monoisotopic (exact) mass is 311 g/mol. The van der Waals surface area contributed by atoms with E-state index in [1.807, 2.05) is 0 Å². The summed E-state index contributed by atoms with van der Waals surface area (Å²) < 4.78 is 13.6. The fourth-order valence-corrected chi connectivity index (χ4v) is 2.53. The van der Waals surface area contributed by atoms with Gasteiger partial charge in [-0.2, -0.15) is 5.26 Å². The fourth-order valence-electron chi connectivity index (χ4n) is 2.13. The van der Waals surface area contributed by atoms with E-state index in [9.17, 15) is 9.65 Å². The largest absolute Gasteiger partial charge is 0.304 e. The summed E-state index contributed by atoms with van der Waals surface area (Å²) in [6.45, 7) is 3.65. The molecule has 0 saturated carbocycles. The van der Waals surface area contributed by atoms with E-state index in [-0.39, 0.29) is 11.9 Å². The van der Waals surface area contributed by atoms with Crippen LogP contribution in [0.3, 0.4) is 0 Å². The lowest BCUT2D eigenvalue weighted by atomic mass is 10.1. The Kier molecular flexibility index (Phi) is 4.33. The first-order valence-electron chi connectivity index (χ1n) is 5.89. The predicted octanol–water partition coefficient (Wildman–Crippen LogP) is 2.40. The molecule has 0 bridgehead atoms. The Morgan fingerprint density at radius 3 is 2.56 bits per heavy atom. The van der Waals surface area contributed by atoms with Crippen LogP contribution in [0.1, 0.15) is 11.6 Å². The Morgan fingerprint density at radius 1 is 1.33 bits per heavy atom. The molecule has 1 atom stereocenters. The van der Waals surface area contributed by atoms with Crippen LogP contribution in [0.25, 0.3) is 0 Å². The average molecular weight is 312 g/mol. The normalized spacial score (nSPS) is 19.4. The van der Waals surface area contributed by atoms with Crippen molar-refractivity contribution in [2.24, 2.45) is 0 Å². The van der Waals surface area contributed by atoms with Gasteiger partial charge in [-0.15, -0.1) is 0 Å². The highest BCUT2D eigenvalue weighted by Gasteiger charge is 2.24. The van der Waals surface area contributed by atoms with Crippen LogP contribution in [0, 0.1) is 17.1 Å². The van der Waals surface area contributed by atoms with E-state index in [0.717, 1.165) is 31.7 Å². The van der Waals surface area contributed by atoms with Crippen molar-refractivity contribution in [3.63, 3.8) is 0 Å². The Labute approximate surface area is 115 Å². The summed E-state index contributed by atoms with van der Waals surface area (Å²) in [5, 5.41) is 9.34. The first kappa shape index (κ1) is 13.5. The molecule has 1 saturated heterocycles. The average Bonchev–Trinajstić information content (AvgIpc) is 2.37. The van der Waals surface area contributed by atoms with Gasteiger partial charge in [-0.05, 0) is 40.7 Å². The molecule has 3 nitrogen and oxygen atoms in total. The van der Waals surface area contributed by atoms with E-state index in [2.05, 4.69) is 38.8 Å². The zero-order valence-corrected chi connectivity index (χ0v) is 11.8. The highest BCUT2D eigenvalue weighted by molar-refractivity contribution is 9.10. The zero-order valence-electron chi connectivity index (χ0n) is 10.2. The fraction of sp³-hybridized carbons (Fsp3) is 0.462. The third-order valence-electron chi connectivity index (χ3n) is 3.28. The minimum absolute atomic E-state index is 0.296. The van der Waals surface area contributed by atoms with Gasteiger partial charge < -0.3 is 4.90 Å². The summed E-state index contributed by atoms with van der Waals surface area (Å²) in [4.78, 5) is 4.38. The molecule has 2 rings (SSSR count). The number of benzene rings is 1. The molecule has 1 aliphatic heterocycles. The SMILES string of the molecule is CN1CCN(C(C#N)c2ccc(F)c(Br)c2)CC1. The van der Waals surface area contributed by atoms with Crippen molar-refractivity contribution < 1.29 is 4.39 Å². The summed E-state index contributed by atoms with van der Waals surface area (Å²) in [5.74, 6) is -0.297. The van der Waals surface area contributed by atoms with Gasteiger partial charge in [0, 0.05) is 26.2 Å². The molecule has 96 valence electrons. The number of likely N-dealkylation sites (N-methyl/N-ethyl adjacent to an activating group) is 1. The van der Waals surface area contributed by atoms with Gasteiger partial charge in [0.05, 0.1) is 10.5 Å². The third kappa shape index (κ3) is 2.89. The number of nitriles is 1. The van der Waals surface area contributed by atoms with Crippen molar-refractivity contribution in [2.45, 2.75) is 6.04 Å². The summed E-state index contributed by atoms with van der Waals surface area (Å²) in [6, 6.07) is 6.80. The Bertz CT molecular complexity index is 464. The maximum absolute atomic E-state index is 13.2. The molecule has 1 heterocycles. The van der Waals surface area contributed by atoms with Crippen molar-refractivity contribution in [3.8, 4) is 6.07 Å². The Hall–Kier alpha value is -0.960. The molecule has 0 radical (unpaired) electrons. The molecular formula is C13H15BrFN3. The Morgan fingerprint density at radius 2 is 2.00 bits per heavy atom. The van der Waals surface area contributed by atoms with Crippen LogP contribution in [-0.2, 0) is 0 Å². The van der Waals surface area contributed by atoms with Crippen molar-refractivity contribution in [1.82, 2.24) is 9.80 Å². The second-order valence-electron chi connectivity index (χ2n) is 4.54. The van der Waals surface area contributed by atoms with E-state index >= 15 is 0 Å². The quantitative estimate of drug-likeness (QED) is 0.840. The Balaban J connectivity index is 2.18. The van der Waals surface area contributed by atoms with Gasteiger partial charge in [0.1, 0.15) is 11.9 Å². The molecule has 0 aliphatic carbocycles. The first-order chi connectivity index (χ1) is 8.61. The number of piperazine rings is 1. The molecule has 1 fully saturated rings. The first-order valence-corrected chi connectivity index (χ1v) is 6.68. The lowest BCUT2D eigenvalue weighted by Gasteiger charge is -2.35. The summed E-state index contributed by atoms with van der Waals surface area (Å²) in [6.07, 6.45) is 0. The molecule has 1 unspecified atom stereocenters. The van der Waals surface area contributed by atoms with Crippen LogP contribution < -0.4 is 0 Å². The molecule has 0 spiro atoms. The van der Waals surface area contributed by atoms with Crippen LogP contribution in [0.2, 0.25) is 0 Å². The standard InChI is InChI=1S/C13H15BrFN3/c1-17-4-6-18(7-5-17)13(9-16)10-2-3-12(15)11(14)8-10/h2-3,8,13H,4-7H2,1H3. The van der Waals surface area contributed by atoms with E-state index in [1.54, 1.807) is 12.1 Å². The minimum atomic E-state index is -0.297. The second-order valence-corrected chi connectivity index (χ2v) is 5.40. The number of halogens is 2. The van der Waals surface area contributed by atoms with Gasteiger partial charge in [-0.3, -0.25) is 4.90 Å². The summed E-state index contributed by atoms with van der Waals surface area (Å²) in [7, 11) is 2.08. The lowest BCUT2D eigenvalue weighted by Crippen LogP contribution is -2.45. The van der Waals surface area contributed by atoms with Crippen LogP contribution in [0.5, 0.6) is 0 Å². The number of rotatable bonds is 2.